The van der Waals surface area contributed by atoms with Gasteiger partial charge >= 0.3 is 11.9 Å². The first-order chi connectivity index (χ1) is 20.6. The van der Waals surface area contributed by atoms with E-state index in [1.807, 2.05) is 133 Å². The van der Waals surface area contributed by atoms with E-state index in [1.54, 1.807) is 0 Å². The number of carbonyl (C=O) groups excluding carboxylic acids is 2. The van der Waals surface area contributed by atoms with Crippen molar-refractivity contribution in [3.8, 4) is 11.5 Å². The molecule has 204 valence electrons. The average molecular weight is 549 g/mol. The largest absolute Gasteiger partial charge is 0.422 e. The molecule has 1 saturated carbocycles. The molecule has 0 spiro atoms. The molecule has 4 nitrogen and oxygen atoms in total. The molecule has 0 aromatic heterocycles. The van der Waals surface area contributed by atoms with Gasteiger partial charge in [0.25, 0.3) is 0 Å². The minimum Gasteiger partial charge on any atom is -0.422 e. The van der Waals surface area contributed by atoms with Crippen LogP contribution in [0.1, 0.15) is 56.5 Å². The van der Waals surface area contributed by atoms with E-state index in [1.165, 1.54) is 11.1 Å². The second-order valence-corrected chi connectivity index (χ2v) is 10.8. The highest BCUT2D eigenvalue weighted by molar-refractivity contribution is 5.96. The predicted octanol–water partition coefficient (Wildman–Crippen LogP) is 9.09. The van der Waals surface area contributed by atoms with E-state index in [0.29, 0.717) is 34.5 Å². The Morgan fingerprint density at radius 3 is 1.24 bits per heavy atom. The zero-order chi connectivity index (χ0) is 28.5. The molecule has 0 bridgehead atoms. The number of benzene rings is 6. The summed E-state index contributed by atoms with van der Waals surface area (Å²) in [7, 11) is 0. The first kappa shape index (κ1) is 25.7. The lowest BCUT2D eigenvalue weighted by Gasteiger charge is -2.37. The lowest BCUT2D eigenvalue weighted by atomic mass is 9.67. The van der Waals surface area contributed by atoms with Gasteiger partial charge in [0.1, 0.15) is 11.5 Å². The predicted molar refractivity (Wildman–Crippen MR) is 165 cm³/mol. The molecular weight excluding hydrogens is 520 g/mol. The third-order valence-electron chi connectivity index (χ3n) is 8.33. The first-order valence-electron chi connectivity index (χ1n) is 14.2. The number of carbonyl (C=O) groups is 2. The molecule has 0 unspecified atom stereocenters. The van der Waals surface area contributed by atoms with Gasteiger partial charge in [0.2, 0.25) is 0 Å². The van der Waals surface area contributed by atoms with E-state index in [4.69, 9.17) is 9.47 Å². The zero-order valence-electron chi connectivity index (χ0n) is 22.9. The van der Waals surface area contributed by atoms with Gasteiger partial charge in [-0.1, -0.05) is 97.1 Å². The van der Waals surface area contributed by atoms with Crippen LogP contribution in [0.4, 0.5) is 0 Å². The van der Waals surface area contributed by atoms with Crippen LogP contribution >= 0.6 is 0 Å². The van der Waals surface area contributed by atoms with Crippen molar-refractivity contribution in [1.82, 2.24) is 0 Å². The van der Waals surface area contributed by atoms with E-state index in [2.05, 4.69) is 0 Å². The number of hydrogen-bond acceptors (Lipinski definition) is 4. The van der Waals surface area contributed by atoms with Gasteiger partial charge in [0.15, 0.2) is 0 Å². The smallest absolute Gasteiger partial charge is 0.343 e. The van der Waals surface area contributed by atoms with Crippen LogP contribution in [0.5, 0.6) is 11.5 Å². The third kappa shape index (κ3) is 4.92. The van der Waals surface area contributed by atoms with Crippen LogP contribution in [0.2, 0.25) is 0 Å². The molecule has 6 aromatic carbocycles. The summed E-state index contributed by atoms with van der Waals surface area (Å²) in [5.74, 6) is 1.11. The summed E-state index contributed by atoms with van der Waals surface area (Å²) in [4.78, 5) is 25.8. The first-order valence-corrected chi connectivity index (χ1v) is 14.2. The second-order valence-electron chi connectivity index (χ2n) is 10.8. The van der Waals surface area contributed by atoms with E-state index in [0.717, 1.165) is 34.4 Å². The molecule has 1 aliphatic carbocycles. The van der Waals surface area contributed by atoms with Gasteiger partial charge < -0.3 is 9.47 Å². The van der Waals surface area contributed by atoms with Crippen LogP contribution in [-0.2, 0) is 0 Å². The van der Waals surface area contributed by atoms with E-state index < -0.39 is 0 Å². The molecule has 7 rings (SSSR count). The van der Waals surface area contributed by atoms with Crippen molar-refractivity contribution in [3.63, 3.8) is 0 Å². The summed E-state index contributed by atoms with van der Waals surface area (Å²) in [6, 6.07) is 42.7. The standard InChI is InChI=1S/C38H28O4/c39-37(41-35-13-5-9-25-7-1-3-11-33(25)35)29-19-15-27(16-20-29)31-23-24-32(31)28-17-21-30(22-18-28)38(40)42-36-14-6-10-26-8-2-4-12-34(26)36/h1-22,31-32H,23-24H2/t31-,32-/m1/s1. The molecule has 4 heteroatoms. The van der Waals surface area contributed by atoms with Crippen molar-refractivity contribution in [2.75, 3.05) is 0 Å². The number of esters is 2. The Labute approximate surface area is 244 Å². The Hall–Kier alpha value is -5.22. The van der Waals surface area contributed by atoms with E-state index in [-0.39, 0.29) is 11.9 Å². The molecule has 1 aliphatic rings. The maximum Gasteiger partial charge on any atom is 0.343 e. The van der Waals surface area contributed by atoms with Crippen molar-refractivity contribution in [3.05, 3.63) is 156 Å². The summed E-state index contributed by atoms with van der Waals surface area (Å²) in [6.45, 7) is 0. The molecule has 42 heavy (non-hydrogen) atoms. The summed E-state index contributed by atoms with van der Waals surface area (Å²) in [5.41, 5.74) is 3.45. The fraction of sp³-hybridized carbons (Fsp3) is 0.105. The number of fused-ring (bicyclic) bond motifs is 2. The summed E-state index contributed by atoms with van der Waals surface area (Å²) < 4.78 is 11.5. The lowest BCUT2D eigenvalue weighted by Crippen LogP contribution is -2.22. The SMILES string of the molecule is O=C(Oc1cccc2ccccc12)c1ccc([C@H]2CC[C@@H]2c2ccc(C(=O)Oc3cccc4ccccc34)cc2)cc1. The normalized spacial score (nSPS) is 16.1. The minimum atomic E-state index is -0.367. The van der Waals surface area contributed by atoms with E-state index >= 15 is 0 Å². The van der Waals surface area contributed by atoms with Gasteiger partial charge in [-0.25, -0.2) is 9.59 Å². The molecule has 1 fully saturated rings. The summed E-state index contributed by atoms with van der Waals surface area (Å²) in [5, 5.41) is 3.89. The fourth-order valence-electron chi connectivity index (χ4n) is 5.92. The molecule has 6 aromatic rings. The summed E-state index contributed by atoms with van der Waals surface area (Å²) >= 11 is 0. The highest BCUT2D eigenvalue weighted by Gasteiger charge is 2.33. The van der Waals surface area contributed by atoms with Crippen molar-refractivity contribution >= 4 is 33.5 Å². The Balaban J connectivity index is 1.02. The number of ether oxygens (including phenoxy) is 2. The maximum atomic E-state index is 12.9. The zero-order valence-corrected chi connectivity index (χ0v) is 22.9. The molecule has 0 amide bonds. The highest BCUT2D eigenvalue weighted by Crippen LogP contribution is 2.49. The quantitative estimate of drug-likeness (QED) is 0.154. The van der Waals surface area contributed by atoms with Crippen molar-refractivity contribution < 1.29 is 19.1 Å². The maximum absolute atomic E-state index is 12.9. The van der Waals surface area contributed by atoms with Crippen LogP contribution in [-0.4, -0.2) is 11.9 Å². The fourth-order valence-corrected chi connectivity index (χ4v) is 5.92. The van der Waals surface area contributed by atoms with Gasteiger partial charge in [-0.3, -0.25) is 0 Å². The van der Waals surface area contributed by atoms with Crippen LogP contribution in [0.3, 0.4) is 0 Å². The molecule has 2 atom stereocenters. The van der Waals surface area contributed by atoms with Gasteiger partial charge in [0.05, 0.1) is 11.1 Å². The Bertz CT molecular complexity index is 1770. The Kier molecular flexibility index (Phi) is 6.73. The second kappa shape index (κ2) is 11.0. The van der Waals surface area contributed by atoms with Crippen molar-refractivity contribution in [2.45, 2.75) is 24.7 Å². The molecule has 0 aliphatic heterocycles. The van der Waals surface area contributed by atoms with Crippen LogP contribution < -0.4 is 9.47 Å². The van der Waals surface area contributed by atoms with Gasteiger partial charge in [-0.2, -0.15) is 0 Å². The monoisotopic (exact) mass is 548 g/mol. The Morgan fingerprint density at radius 2 is 0.833 bits per heavy atom. The van der Waals surface area contributed by atoms with Crippen LogP contribution in [0, 0.1) is 0 Å². The van der Waals surface area contributed by atoms with Crippen molar-refractivity contribution in [2.24, 2.45) is 0 Å². The molecular formula is C38H28O4. The van der Waals surface area contributed by atoms with Crippen molar-refractivity contribution in [1.29, 1.82) is 0 Å². The van der Waals surface area contributed by atoms with E-state index in [9.17, 15) is 9.59 Å². The number of hydrogen-bond donors (Lipinski definition) is 0. The lowest BCUT2D eigenvalue weighted by molar-refractivity contribution is 0.0727. The van der Waals surface area contributed by atoms with Crippen LogP contribution in [0.25, 0.3) is 21.5 Å². The molecule has 0 N–H and O–H groups in total. The van der Waals surface area contributed by atoms with Gasteiger partial charge in [-0.15, -0.1) is 0 Å². The topological polar surface area (TPSA) is 52.6 Å². The molecule has 0 radical (unpaired) electrons. The highest BCUT2D eigenvalue weighted by atomic mass is 16.5. The van der Waals surface area contributed by atoms with Gasteiger partial charge in [-0.05, 0) is 83.0 Å². The Morgan fingerprint density at radius 1 is 0.452 bits per heavy atom. The minimum absolute atomic E-state index is 0.363. The molecule has 0 heterocycles. The number of rotatable bonds is 6. The molecule has 0 saturated heterocycles. The van der Waals surface area contributed by atoms with Gasteiger partial charge in [0, 0.05) is 10.8 Å². The van der Waals surface area contributed by atoms with Crippen LogP contribution in [0.15, 0.2) is 133 Å². The summed E-state index contributed by atoms with van der Waals surface area (Å²) in [6.07, 6.45) is 2.16. The average Bonchev–Trinajstić information content (AvgIpc) is 3.01. The third-order valence-corrected chi connectivity index (χ3v) is 8.33.